The smallest absolute Gasteiger partial charge is 0.335 e. The van der Waals surface area contributed by atoms with Gasteiger partial charge in [-0.15, -0.1) is 9.24 Å². The molecule has 0 amide bonds. The van der Waals surface area contributed by atoms with Crippen LogP contribution in [0.25, 0.3) is 6.08 Å². The van der Waals surface area contributed by atoms with Crippen molar-refractivity contribution in [1.82, 2.24) is 0 Å². The molecule has 1 aliphatic rings. The predicted molar refractivity (Wildman–Crippen MR) is 70.9 cm³/mol. The molecule has 0 saturated heterocycles. The van der Waals surface area contributed by atoms with Crippen LogP contribution < -0.4 is 4.74 Å². The van der Waals surface area contributed by atoms with Gasteiger partial charge in [-0.25, -0.2) is 13.6 Å². The summed E-state index contributed by atoms with van der Waals surface area (Å²) in [7, 11) is 2.16. The highest BCUT2D eigenvalue weighted by Gasteiger charge is 2.35. The average Bonchev–Trinajstić information content (AvgIpc) is 2.36. The van der Waals surface area contributed by atoms with Crippen LogP contribution >= 0.6 is 20.8 Å². The molecule has 0 radical (unpaired) electrons. The van der Waals surface area contributed by atoms with Crippen molar-refractivity contribution in [3.8, 4) is 5.75 Å². The van der Waals surface area contributed by atoms with Gasteiger partial charge in [0.2, 0.25) is 0 Å². The van der Waals surface area contributed by atoms with E-state index in [-0.39, 0.29) is 28.1 Å². The molecule has 1 aromatic rings. The van der Waals surface area contributed by atoms with Crippen LogP contribution in [-0.4, -0.2) is 29.5 Å². The zero-order valence-corrected chi connectivity index (χ0v) is 11.5. The summed E-state index contributed by atoms with van der Waals surface area (Å²) in [5.41, 5.74) is -0.0706. The number of rotatable bonds is 3. The molecule has 1 aromatic carbocycles. The molecule has 1 N–H and O–H groups in total. The molecule has 0 fully saturated rings. The van der Waals surface area contributed by atoms with Gasteiger partial charge in [0.15, 0.2) is 17.7 Å². The minimum atomic E-state index is -1.56. The molecule has 102 valence electrons. The van der Waals surface area contributed by atoms with Gasteiger partial charge in [-0.2, -0.15) is 0 Å². The summed E-state index contributed by atoms with van der Waals surface area (Å²) in [6, 6.07) is 2.40. The first-order valence-corrected chi connectivity index (χ1v) is 6.58. The van der Waals surface area contributed by atoms with E-state index in [4.69, 9.17) is 21.4 Å². The maximum atomic E-state index is 13.7. The zero-order chi connectivity index (χ0) is 14.2. The van der Waals surface area contributed by atoms with Gasteiger partial charge in [0.05, 0.1) is 5.57 Å². The Morgan fingerprint density at radius 2 is 2.26 bits per heavy atom. The fourth-order valence-corrected chi connectivity index (χ4v) is 2.29. The highest BCUT2D eigenvalue weighted by molar-refractivity contribution is 7.16. The Bertz CT molecular complexity index is 562. The number of fused-ring (bicyclic) bond motifs is 1. The van der Waals surface area contributed by atoms with E-state index in [0.717, 1.165) is 6.07 Å². The molecule has 0 spiro atoms. The fraction of sp³-hybridized carbons (Fsp3) is 0.250. The van der Waals surface area contributed by atoms with Crippen LogP contribution in [0.4, 0.5) is 8.78 Å². The van der Waals surface area contributed by atoms with Crippen LogP contribution in [0.1, 0.15) is 5.56 Å². The molecule has 3 unspecified atom stereocenters. The number of carboxylic acids is 1. The third-order valence-corrected chi connectivity index (χ3v) is 3.37. The highest BCUT2D eigenvalue weighted by Crippen LogP contribution is 2.36. The van der Waals surface area contributed by atoms with Crippen molar-refractivity contribution >= 4 is 32.9 Å². The van der Waals surface area contributed by atoms with Crippen molar-refractivity contribution in [2.45, 2.75) is 12.3 Å². The van der Waals surface area contributed by atoms with Gasteiger partial charge in [0, 0.05) is 10.6 Å². The number of halogens is 3. The monoisotopic (exact) mass is 306 g/mol. The normalized spacial score (nSPS) is 19.2. The van der Waals surface area contributed by atoms with Crippen molar-refractivity contribution in [3.05, 3.63) is 34.1 Å². The average molecular weight is 307 g/mol. The number of alkyl halides is 1. The zero-order valence-electron chi connectivity index (χ0n) is 9.57. The SMILES string of the molecule is O=C(O)C1=Cc2cc(Cl)cc(F)c2OC1C(F)CP. The van der Waals surface area contributed by atoms with Crippen molar-refractivity contribution < 1.29 is 23.4 Å². The number of ether oxygens (including phenoxy) is 1. The number of benzene rings is 1. The molecule has 3 atom stereocenters. The van der Waals surface area contributed by atoms with E-state index < -0.39 is 24.1 Å². The van der Waals surface area contributed by atoms with Gasteiger partial charge in [0.25, 0.3) is 0 Å². The van der Waals surface area contributed by atoms with E-state index in [2.05, 4.69) is 9.24 Å². The van der Waals surface area contributed by atoms with Gasteiger partial charge in [-0.05, 0) is 24.4 Å². The number of carbonyl (C=O) groups is 1. The van der Waals surface area contributed by atoms with E-state index in [1.165, 1.54) is 12.1 Å². The summed E-state index contributed by atoms with van der Waals surface area (Å²) in [6.45, 7) is 0. The van der Waals surface area contributed by atoms with Crippen molar-refractivity contribution in [2.75, 3.05) is 6.16 Å². The first-order valence-electron chi connectivity index (χ1n) is 5.38. The predicted octanol–water partition coefficient (Wildman–Crippen LogP) is 2.92. The number of hydrogen-bond donors (Lipinski definition) is 1. The van der Waals surface area contributed by atoms with Gasteiger partial charge in [0.1, 0.15) is 6.17 Å². The van der Waals surface area contributed by atoms with E-state index in [1.54, 1.807) is 0 Å². The topological polar surface area (TPSA) is 46.5 Å². The van der Waals surface area contributed by atoms with Crippen molar-refractivity contribution in [2.24, 2.45) is 0 Å². The van der Waals surface area contributed by atoms with Crippen LogP contribution in [0.2, 0.25) is 5.02 Å². The summed E-state index contributed by atoms with van der Waals surface area (Å²) < 4.78 is 32.6. The molecule has 3 nitrogen and oxygen atoms in total. The van der Waals surface area contributed by atoms with E-state index in [9.17, 15) is 13.6 Å². The standard InChI is InChI=1S/C12H10ClF2O3P/c13-6-1-5-2-7(12(16)17)11(9(15)4-19)18-10(5)8(14)3-6/h1-3,9,11H,4,19H2,(H,16,17). The van der Waals surface area contributed by atoms with Crippen LogP contribution in [0.3, 0.4) is 0 Å². The van der Waals surface area contributed by atoms with Crippen LogP contribution in [0.5, 0.6) is 5.75 Å². The lowest BCUT2D eigenvalue weighted by atomic mass is 9.99. The van der Waals surface area contributed by atoms with E-state index in [1.807, 2.05) is 0 Å². The summed E-state index contributed by atoms with van der Waals surface area (Å²) >= 11 is 5.69. The lowest BCUT2D eigenvalue weighted by Crippen LogP contribution is -2.37. The van der Waals surface area contributed by atoms with Gasteiger partial charge in [-0.3, -0.25) is 0 Å². The molecule has 19 heavy (non-hydrogen) atoms. The molecular weight excluding hydrogens is 297 g/mol. The molecule has 2 rings (SSSR count). The minimum absolute atomic E-state index is 0.0141. The Morgan fingerprint density at radius 1 is 1.58 bits per heavy atom. The lowest BCUT2D eigenvalue weighted by molar-refractivity contribution is -0.134. The first-order chi connectivity index (χ1) is 8.93. The summed E-state index contributed by atoms with van der Waals surface area (Å²) in [5, 5.41) is 9.18. The maximum absolute atomic E-state index is 13.7. The van der Waals surface area contributed by atoms with Crippen LogP contribution in [0.15, 0.2) is 17.7 Å². The van der Waals surface area contributed by atoms with Crippen molar-refractivity contribution in [1.29, 1.82) is 0 Å². The third-order valence-electron chi connectivity index (χ3n) is 2.70. The fourth-order valence-electron chi connectivity index (χ4n) is 1.83. The Labute approximate surface area is 115 Å². The van der Waals surface area contributed by atoms with Crippen molar-refractivity contribution in [3.63, 3.8) is 0 Å². The summed E-state index contributed by atoms with van der Waals surface area (Å²) in [4.78, 5) is 11.1. The number of aliphatic carboxylic acids is 1. The molecule has 0 aliphatic carbocycles. The molecular formula is C12H10ClF2O3P. The molecule has 0 saturated carbocycles. The highest BCUT2D eigenvalue weighted by atomic mass is 35.5. The van der Waals surface area contributed by atoms with Crippen LogP contribution in [0, 0.1) is 5.82 Å². The second kappa shape index (κ2) is 5.43. The Balaban J connectivity index is 2.54. The number of hydrogen-bond acceptors (Lipinski definition) is 2. The Kier molecular flexibility index (Phi) is 4.07. The molecule has 0 aromatic heterocycles. The van der Waals surface area contributed by atoms with Gasteiger partial charge >= 0.3 is 5.97 Å². The molecule has 7 heteroatoms. The third kappa shape index (κ3) is 2.72. The summed E-state index contributed by atoms with van der Waals surface area (Å²) in [5.74, 6) is -2.23. The maximum Gasteiger partial charge on any atom is 0.335 e. The van der Waals surface area contributed by atoms with E-state index >= 15 is 0 Å². The molecule has 1 aliphatic heterocycles. The van der Waals surface area contributed by atoms with Crippen LogP contribution in [-0.2, 0) is 4.79 Å². The minimum Gasteiger partial charge on any atom is -0.479 e. The molecule has 0 bridgehead atoms. The Hall–Kier alpha value is -1.19. The van der Waals surface area contributed by atoms with Gasteiger partial charge in [-0.1, -0.05) is 11.6 Å². The van der Waals surface area contributed by atoms with E-state index in [0.29, 0.717) is 0 Å². The quantitative estimate of drug-likeness (QED) is 0.873. The lowest BCUT2D eigenvalue weighted by Gasteiger charge is -2.27. The second-order valence-corrected chi connectivity index (χ2v) is 4.91. The Morgan fingerprint density at radius 3 is 2.84 bits per heavy atom. The first kappa shape index (κ1) is 14.2. The van der Waals surface area contributed by atoms with Gasteiger partial charge < -0.3 is 9.84 Å². The summed E-state index contributed by atoms with van der Waals surface area (Å²) in [6.07, 6.45) is -1.72. The molecule has 1 heterocycles. The largest absolute Gasteiger partial charge is 0.479 e. The number of carboxylic acid groups (broad SMARTS) is 1. The second-order valence-electron chi connectivity index (χ2n) is 4.00.